The van der Waals surface area contributed by atoms with Gasteiger partial charge in [-0.25, -0.2) is 0 Å². The van der Waals surface area contributed by atoms with E-state index in [1.54, 1.807) is 11.3 Å². The van der Waals surface area contributed by atoms with Gasteiger partial charge in [0.25, 0.3) is 0 Å². The maximum atomic E-state index is 5.49. The first-order chi connectivity index (χ1) is 7.27. The molecule has 0 saturated carbocycles. The number of ether oxygens (including phenoxy) is 1. The molecule has 1 rings (SSSR count). The van der Waals surface area contributed by atoms with Crippen molar-refractivity contribution in [2.24, 2.45) is 0 Å². The van der Waals surface area contributed by atoms with Crippen LogP contribution in [0.4, 0.5) is 0 Å². The minimum absolute atomic E-state index is 0.334. The highest BCUT2D eigenvalue weighted by atomic mass is 79.9. The Morgan fingerprint density at radius 2 is 2.33 bits per heavy atom. The van der Waals surface area contributed by atoms with Gasteiger partial charge in [-0.15, -0.1) is 11.3 Å². The van der Waals surface area contributed by atoms with Gasteiger partial charge in [0, 0.05) is 21.3 Å². The Hall–Kier alpha value is 0.1000. The summed E-state index contributed by atoms with van der Waals surface area (Å²) in [4.78, 5) is 1.34. The molecule has 0 aliphatic heterocycles. The first-order valence-electron chi connectivity index (χ1n) is 5.33. The van der Waals surface area contributed by atoms with Crippen LogP contribution in [0.1, 0.15) is 31.2 Å². The molecule has 0 spiro atoms. The van der Waals surface area contributed by atoms with E-state index >= 15 is 0 Å². The van der Waals surface area contributed by atoms with Crippen molar-refractivity contribution in [2.75, 3.05) is 19.8 Å². The Bertz CT molecular complexity index is 269. The number of nitrogens with one attached hydrogen (secondary N) is 1. The summed E-state index contributed by atoms with van der Waals surface area (Å²) in [7, 11) is 0. The molecule has 0 aliphatic rings. The molecule has 0 aromatic carbocycles. The average molecular weight is 292 g/mol. The fraction of sp³-hybridized carbons (Fsp3) is 0.636. The number of halogens is 1. The van der Waals surface area contributed by atoms with Crippen LogP contribution in [0, 0.1) is 0 Å². The lowest BCUT2D eigenvalue weighted by Crippen LogP contribution is -2.25. The van der Waals surface area contributed by atoms with Crippen molar-refractivity contribution in [3.8, 4) is 0 Å². The third kappa shape index (κ3) is 4.64. The van der Waals surface area contributed by atoms with Crippen LogP contribution in [-0.4, -0.2) is 19.8 Å². The monoisotopic (exact) mass is 291 g/mol. The molecule has 0 fully saturated rings. The lowest BCUT2D eigenvalue weighted by molar-refractivity contribution is 0.124. The van der Waals surface area contributed by atoms with E-state index in [1.165, 1.54) is 4.88 Å². The Labute approximate surface area is 104 Å². The van der Waals surface area contributed by atoms with Gasteiger partial charge in [-0.05, 0) is 41.9 Å². The fourth-order valence-corrected chi connectivity index (χ4v) is 2.81. The van der Waals surface area contributed by atoms with Gasteiger partial charge < -0.3 is 10.1 Å². The van der Waals surface area contributed by atoms with Gasteiger partial charge in [-0.1, -0.05) is 6.92 Å². The van der Waals surface area contributed by atoms with Crippen molar-refractivity contribution in [1.82, 2.24) is 5.32 Å². The zero-order chi connectivity index (χ0) is 11.1. The molecule has 15 heavy (non-hydrogen) atoms. The molecule has 1 atom stereocenters. The quantitative estimate of drug-likeness (QED) is 0.829. The van der Waals surface area contributed by atoms with E-state index in [0.29, 0.717) is 6.04 Å². The minimum Gasteiger partial charge on any atom is -0.380 e. The SMILES string of the molecule is CCCNC(COCC)c1cc(Br)cs1. The van der Waals surface area contributed by atoms with Crippen LogP contribution in [0.25, 0.3) is 0 Å². The van der Waals surface area contributed by atoms with E-state index in [2.05, 4.69) is 39.6 Å². The summed E-state index contributed by atoms with van der Waals surface area (Å²) >= 11 is 5.25. The molecule has 0 bridgehead atoms. The Morgan fingerprint density at radius 3 is 2.87 bits per heavy atom. The summed E-state index contributed by atoms with van der Waals surface area (Å²) in [5, 5.41) is 5.61. The van der Waals surface area contributed by atoms with Crippen LogP contribution < -0.4 is 5.32 Å². The van der Waals surface area contributed by atoms with Crippen LogP contribution in [0.15, 0.2) is 15.9 Å². The largest absolute Gasteiger partial charge is 0.380 e. The van der Waals surface area contributed by atoms with Gasteiger partial charge in [0.05, 0.1) is 12.6 Å². The molecular weight excluding hydrogens is 274 g/mol. The molecule has 1 N–H and O–H groups in total. The maximum Gasteiger partial charge on any atom is 0.0669 e. The third-order valence-electron chi connectivity index (χ3n) is 2.06. The molecular formula is C11H18BrNOS. The smallest absolute Gasteiger partial charge is 0.0669 e. The number of hydrogen-bond acceptors (Lipinski definition) is 3. The van der Waals surface area contributed by atoms with Crippen molar-refractivity contribution in [3.63, 3.8) is 0 Å². The van der Waals surface area contributed by atoms with Crippen LogP contribution in [-0.2, 0) is 4.74 Å². The highest BCUT2D eigenvalue weighted by Gasteiger charge is 2.12. The van der Waals surface area contributed by atoms with Crippen molar-refractivity contribution in [1.29, 1.82) is 0 Å². The van der Waals surface area contributed by atoms with Crippen molar-refractivity contribution in [3.05, 3.63) is 20.8 Å². The Kier molecular flexibility index (Phi) is 6.48. The first kappa shape index (κ1) is 13.2. The molecule has 0 aliphatic carbocycles. The van der Waals surface area contributed by atoms with Crippen molar-refractivity contribution < 1.29 is 4.74 Å². The van der Waals surface area contributed by atoms with E-state index in [1.807, 2.05) is 6.92 Å². The third-order valence-corrected chi connectivity index (χ3v) is 3.87. The highest BCUT2D eigenvalue weighted by Crippen LogP contribution is 2.25. The molecule has 0 amide bonds. The normalized spacial score (nSPS) is 13.0. The molecule has 4 heteroatoms. The summed E-state index contributed by atoms with van der Waals surface area (Å²) in [5.41, 5.74) is 0. The van der Waals surface area contributed by atoms with E-state index in [4.69, 9.17) is 4.74 Å². The molecule has 0 saturated heterocycles. The topological polar surface area (TPSA) is 21.3 Å². The summed E-state index contributed by atoms with van der Waals surface area (Å²) in [6.45, 7) is 6.77. The van der Waals surface area contributed by atoms with Gasteiger partial charge in [0.15, 0.2) is 0 Å². The van der Waals surface area contributed by atoms with Gasteiger partial charge in [-0.3, -0.25) is 0 Å². The molecule has 1 aromatic heterocycles. The van der Waals surface area contributed by atoms with E-state index in [-0.39, 0.29) is 0 Å². The van der Waals surface area contributed by atoms with E-state index < -0.39 is 0 Å². The summed E-state index contributed by atoms with van der Waals surface area (Å²) < 4.78 is 6.64. The second kappa shape index (κ2) is 7.39. The predicted octanol–water partition coefficient (Wildman–Crippen LogP) is 3.59. The molecule has 86 valence electrons. The molecule has 1 aromatic rings. The molecule has 2 nitrogen and oxygen atoms in total. The summed E-state index contributed by atoms with van der Waals surface area (Å²) in [6, 6.07) is 2.50. The summed E-state index contributed by atoms with van der Waals surface area (Å²) in [6.07, 6.45) is 1.15. The standard InChI is InChI=1S/C11H18BrNOS/c1-3-5-13-10(7-14-4-2)11-6-9(12)8-15-11/h6,8,10,13H,3-5,7H2,1-2H3. The van der Waals surface area contributed by atoms with Crippen LogP contribution in [0.3, 0.4) is 0 Å². The maximum absolute atomic E-state index is 5.49. The molecule has 1 unspecified atom stereocenters. The lowest BCUT2D eigenvalue weighted by Gasteiger charge is -2.16. The van der Waals surface area contributed by atoms with Crippen LogP contribution in [0.2, 0.25) is 0 Å². The minimum atomic E-state index is 0.334. The second-order valence-electron chi connectivity index (χ2n) is 3.33. The number of thiophene rings is 1. The van der Waals surface area contributed by atoms with Crippen molar-refractivity contribution >= 4 is 27.3 Å². The van der Waals surface area contributed by atoms with E-state index in [9.17, 15) is 0 Å². The van der Waals surface area contributed by atoms with Gasteiger partial charge in [-0.2, -0.15) is 0 Å². The van der Waals surface area contributed by atoms with Crippen LogP contribution >= 0.6 is 27.3 Å². The fourth-order valence-electron chi connectivity index (χ4n) is 1.31. The predicted molar refractivity (Wildman–Crippen MR) is 69.5 cm³/mol. The summed E-state index contributed by atoms with van der Waals surface area (Å²) in [5.74, 6) is 0. The van der Waals surface area contributed by atoms with E-state index in [0.717, 1.165) is 30.7 Å². The first-order valence-corrected chi connectivity index (χ1v) is 7.00. The zero-order valence-corrected chi connectivity index (χ0v) is 11.7. The zero-order valence-electron chi connectivity index (χ0n) is 9.25. The average Bonchev–Trinajstić information content (AvgIpc) is 2.65. The second-order valence-corrected chi connectivity index (χ2v) is 5.19. The van der Waals surface area contributed by atoms with Crippen molar-refractivity contribution in [2.45, 2.75) is 26.3 Å². The Balaban J connectivity index is 2.54. The van der Waals surface area contributed by atoms with Gasteiger partial charge >= 0.3 is 0 Å². The lowest BCUT2D eigenvalue weighted by atomic mass is 10.2. The number of rotatable bonds is 7. The molecule has 0 radical (unpaired) electrons. The van der Waals surface area contributed by atoms with Gasteiger partial charge in [0.1, 0.15) is 0 Å². The highest BCUT2D eigenvalue weighted by molar-refractivity contribution is 9.10. The Morgan fingerprint density at radius 1 is 1.53 bits per heavy atom. The van der Waals surface area contributed by atoms with Crippen LogP contribution in [0.5, 0.6) is 0 Å². The molecule has 1 heterocycles. The number of hydrogen-bond donors (Lipinski definition) is 1. The van der Waals surface area contributed by atoms with Gasteiger partial charge in [0.2, 0.25) is 0 Å².